The number of carboxylic acids is 1. The zero-order valence-corrected chi connectivity index (χ0v) is 8.24. The van der Waals surface area contributed by atoms with Crippen LogP contribution in [0, 0.1) is 6.92 Å². The van der Waals surface area contributed by atoms with Gasteiger partial charge in [0, 0.05) is 18.6 Å². The Labute approximate surface area is 82.4 Å². The van der Waals surface area contributed by atoms with Gasteiger partial charge in [-0.25, -0.2) is 0 Å². The summed E-state index contributed by atoms with van der Waals surface area (Å²) in [6, 6.07) is 8.47. The largest absolute Gasteiger partial charge is 0.481 e. The molecule has 0 spiro atoms. The van der Waals surface area contributed by atoms with E-state index in [1.54, 1.807) is 0 Å². The number of benzene rings is 1. The van der Waals surface area contributed by atoms with E-state index in [9.17, 15) is 0 Å². The van der Waals surface area contributed by atoms with Gasteiger partial charge < -0.3 is 10.1 Å². The van der Waals surface area contributed by atoms with Crippen molar-refractivity contribution in [2.24, 2.45) is 0 Å². The van der Waals surface area contributed by atoms with Crippen LogP contribution in [-0.2, 0) is 4.79 Å². The topological polar surface area (TPSA) is 53.1 Å². The zero-order valence-electron chi connectivity index (χ0n) is 8.24. The molecule has 0 unspecified atom stereocenters. The number of nitrogens with one attached hydrogen (secondary N) is 1. The minimum atomic E-state index is -0.833. The predicted octanol–water partition coefficient (Wildman–Crippen LogP) is 2.57. The number of fused-ring (bicyclic) bond motifs is 1. The number of H-pyrrole nitrogens is 1. The molecule has 0 fully saturated rings. The summed E-state index contributed by atoms with van der Waals surface area (Å²) < 4.78 is 0. The molecule has 1 aromatic carbocycles. The lowest BCUT2D eigenvalue weighted by atomic mass is 10.2. The van der Waals surface area contributed by atoms with E-state index in [0.717, 1.165) is 6.92 Å². The summed E-state index contributed by atoms with van der Waals surface area (Å²) in [5, 5.41) is 8.71. The van der Waals surface area contributed by atoms with Gasteiger partial charge in [-0.05, 0) is 30.5 Å². The van der Waals surface area contributed by atoms with Crippen LogP contribution in [0.5, 0.6) is 0 Å². The lowest BCUT2D eigenvalue weighted by Crippen LogP contribution is -1.78. The Bertz CT molecular complexity index is 428. The minimum absolute atomic E-state index is 0.833. The number of aliphatic carboxylic acids is 1. The number of hydrogen-bond donors (Lipinski definition) is 2. The van der Waals surface area contributed by atoms with Gasteiger partial charge in [-0.15, -0.1) is 0 Å². The highest BCUT2D eigenvalue weighted by Gasteiger charge is 1.90. The van der Waals surface area contributed by atoms with Gasteiger partial charge in [-0.3, -0.25) is 4.79 Å². The number of carboxylic acid groups (broad SMARTS) is 1. The molecule has 0 radical (unpaired) electrons. The highest BCUT2D eigenvalue weighted by molar-refractivity contribution is 5.79. The van der Waals surface area contributed by atoms with Crippen LogP contribution in [0.25, 0.3) is 10.9 Å². The van der Waals surface area contributed by atoms with E-state index in [0.29, 0.717) is 0 Å². The first-order valence-electron chi connectivity index (χ1n) is 4.33. The highest BCUT2D eigenvalue weighted by Crippen LogP contribution is 2.12. The quantitative estimate of drug-likeness (QED) is 0.672. The fraction of sp³-hybridized carbons (Fsp3) is 0.182. The van der Waals surface area contributed by atoms with E-state index in [2.05, 4.69) is 36.2 Å². The number of aromatic nitrogens is 1. The molecule has 0 saturated carbocycles. The number of aromatic amines is 1. The summed E-state index contributed by atoms with van der Waals surface area (Å²) in [5.41, 5.74) is 2.53. The van der Waals surface area contributed by atoms with Gasteiger partial charge in [-0.1, -0.05) is 11.6 Å². The molecule has 2 aromatic rings. The Morgan fingerprint density at radius 1 is 1.36 bits per heavy atom. The lowest BCUT2D eigenvalue weighted by Gasteiger charge is -1.90. The van der Waals surface area contributed by atoms with Gasteiger partial charge in [0.25, 0.3) is 5.97 Å². The standard InChI is InChI=1S/C9H9N.C2H4O2/c1-7-2-3-9-8(6-7)4-5-10-9;1-2(3)4/h2-6,10H,1H3;1H3,(H,3,4). The Kier molecular flexibility index (Phi) is 3.29. The van der Waals surface area contributed by atoms with Crippen LogP contribution >= 0.6 is 0 Å². The maximum Gasteiger partial charge on any atom is 0.300 e. The zero-order chi connectivity index (χ0) is 10.6. The van der Waals surface area contributed by atoms with Crippen LogP contribution < -0.4 is 0 Å². The van der Waals surface area contributed by atoms with Gasteiger partial charge in [0.05, 0.1) is 0 Å². The van der Waals surface area contributed by atoms with Crippen molar-refractivity contribution in [3.63, 3.8) is 0 Å². The number of rotatable bonds is 0. The summed E-state index contributed by atoms with van der Waals surface area (Å²) in [4.78, 5) is 12.1. The third-order valence-corrected chi connectivity index (χ3v) is 1.71. The summed E-state index contributed by atoms with van der Waals surface area (Å²) >= 11 is 0. The second kappa shape index (κ2) is 4.46. The fourth-order valence-corrected chi connectivity index (χ4v) is 1.17. The Morgan fingerprint density at radius 2 is 2.00 bits per heavy atom. The van der Waals surface area contributed by atoms with E-state index in [-0.39, 0.29) is 0 Å². The van der Waals surface area contributed by atoms with E-state index in [4.69, 9.17) is 9.90 Å². The van der Waals surface area contributed by atoms with Crippen LogP contribution in [0.4, 0.5) is 0 Å². The van der Waals surface area contributed by atoms with Crippen LogP contribution in [0.3, 0.4) is 0 Å². The molecule has 3 heteroatoms. The second-order valence-corrected chi connectivity index (χ2v) is 3.09. The summed E-state index contributed by atoms with van der Waals surface area (Å²) in [5.74, 6) is -0.833. The number of aryl methyl sites for hydroxylation is 1. The maximum absolute atomic E-state index is 9.00. The van der Waals surface area contributed by atoms with Crippen molar-refractivity contribution in [2.45, 2.75) is 13.8 Å². The van der Waals surface area contributed by atoms with Crippen molar-refractivity contribution in [1.82, 2.24) is 4.98 Å². The van der Waals surface area contributed by atoms with Gasteiger partial charge in [-0.2, -0.15) is 0 Å². The Morgan fingerprint density at radius 3 is 2.64 bits per heavy atom. The molecule has 0 aliphatic carbocycles. The first-order valence-corrected chi connectivity index (χ1v) is 4.33. The van der Waals surface area contributed by atoms with E-state index < -0.39 is 5.97 Å². The fourth-order valence-electron chi connectivity index (χ4n) is 1.17. The molecule has 0 bridgehead atoms. The molecule has 74 valence electrons. The molecule has 0 aliphatic heterocycles. The summed E-state index contributed by atoms with van der Waals surface area (Å²) in [7, 11) is 0. The lowest BCUT2D eigenvalue weighted by molar-refractivity contribution is -0.134. The van der Waals surface area contributed by atoms with Gasteiger partial charge in [0.1, 0.15) is 0 Å². The monoisotopic (exact) mass is 191 g/mol. The highest BCUT2D eigenvalue weighted by atomic mass is 16.4. The van der Waals surface area contributed by atoms with Gasteiger partial charge in [0.15, 0.2) is 0 Å². The smallest absolute Gasteiger partial charge is 0.300 e. The van der Waals surface area contributed by atoms with Crippen molar-refractivity contribution in [1.29, 1.82) is 0 Å². The van der Waals surface area contributed by atoms with Crippen molar-refractivity contribution >= 4 is 16.9 Å². The minimum Gasteiger partial charge on any atom is -0.481 e. The Balaban J connectivity index is 0.000000213. The molecular weight excluding hydrogens is 178 g/mol. The van der Waals surface area contributed by atoms with Gasteiger partial charge in [0.2, 0.25) is 0 Å². The average molecular weight is 191 g/mol. The molecule has 0 aliphatic rings. The van der Waals surface area contributed by atoms with Crippen LogP contribution in [0.2, 0.25) is 0 Å². The first kappa shape index (κ1) is 10.3. The van der Waals surface area contributed by atoms with Crippen molar-refractivity contribution < 1.29 is 9.90 Å². The van der Waals surface area contributed by atoms with Crippen LogP contribution in [0.1, 0.15) is 12.5 Å². The predicted molar refractivity (Wildman–Crippen MR) is 56.3 cm³/mol. The normalized spacial score (nSPS) is 9.29. The third kappa shape index (κ3) is 2.94. The molecule has 0 atom stereocenters. The molecule has 2 N–H and O–H groups in total. The molecular formula is C11H13NO2. The van der Waals surface area contributed by atoms with Crippen molar-refractivity contribution in [3.8, 4) is 0 Å². The number of carbonyl (C=O) groups is 1. The van der Waals surface area contributed by atoms with E-state index in [1.165, 1.54) is 16.5 Å². The van der Waals surface area contributed by atoms with Gasteiger partial charge >= 0.3 is 0 Å². The molecule has 1 heterocycles. The maximum atomic E-state index is 9.00. The Hall–Kier alpha value is -1.77. The SMILES string of the molecule is CC(=O)O.Cc1ccc2[nH]ccc2c1. The third-order valence-electron chi connectivity index (χ3n) is 1.71. The molecule has 3 nitrogen and oxygen atoms in total. The van der Waals surface area contributed by atoms with Crippen molar-refractivity contribution in [2.75, 3.05) is 0 Å². The van der Waals surface area contributed by atoms with E-state index in [1.807, 2.05) is 6.20 Å². The number of hydrogen-bond acceptors (Lipinski definition) is 1. The average Bonchev–Trinajstić information content (AvgIpc) is 2.49. The van der Waals surface area contributed by atoms with Crippen LogP contribution in [0.15, 0.2) is 30.5 Å². The first-order chi connectivity index (χ1) is 6.59. The summed E-state index contributed by atoms with van der Waals surface area (Å²) in [6.45, 7) is 3.19. The molecule has 0 saturated heterocycles. The molecule has 1 aromatic heterocycles. The molecule has 14 heavy (non-hydrogen) atoms. The van der Waals surface area contributed by atoms with E-state index >= 15 is 0 Å². The van der Waals surface area contributed by atoms with Crippen molar-refractivity contribution in [3.05, 3.63) is 36.0 Å². The van der Waals surface area contributed by atoms with Crippen LogP contribution in [-0.4, -0.2) is 16.1 Å². The second-order valence-electron chi connectivity index (χ2n) is 3.09. The summed E-state index contributed by atoms with van der Waals surface area (Å²) in [6.07, 6.45) is 1.96. The molecule has 2 rings (SSSR count). The molecule has 0 amide bonds.